The normalized spacial score (nSPS) is 20.5. The predicted molar refractivity (Wildman–Crippen MR) is 126 cm³/mol. The second-order valence-electron chi connectivity index (χ2n) is 9.61. The van der Waals surface area contributed by atoms with Crippen LogP contribution >= 0.6 is 0 Å². The third-order valence-corrected chi connectivity index (χ3v) is 6.69. The van der Waals surface area contributed by atoms with Crippen LogP contribution in [-0.4, -0.2) is 93.0 Å². The summed E-state index contributed by atoms with van der Waals surface area (Å²) < 4.78 is 11.5. The van der Waals surface area contributed by atoms with Crippen LogP contribution in [0.25, 0.3) is 0 Å². The van der Waals surface area contributed by atoms with E-state index in [2.05, 4.69) is 40.9 Å². The van der Waals surface area contributed by atoms with E-state index < -0.39 is 6.10 Å². The molecule has 0 radical (unpaired) electrons. The Bertz CT molecular complexity index is 641. The molecule has 3 rings (SSSR count). The number of hydrogen-bond donors (Lipinski definition) is 1. The van der Waals surface area contributed by atoms with Crippen LogP contribution in [0.1, 0.15) is 44.1 Å². The van der Waals surface area contributed by atoms with E-state index in [1.807, 2.05) is 6.07 Å². The van der Waals surface area contributed by atoms with Crippen molar-refractivity contribution in [2.75, 3.05) is 67.1 Å². The maximum Gasteiger partial charge on any atom is 0.161 e. The fourth-order valence-electron chi connectivity index (χ4n) is 4.85. The van der Waals surface area contributed by atoms with Crippen LogP contribution in [0.15, 0.2) is 18.2 Å². The van der Waals surface area contributed by atoms with Gasteiger partial charge in [-0.3, -0.25) is 0 Å². The number of aliphatic hydroxyl groups is 1. The Balaban J connectivity index is 1.46. The SMILES string of the molecule is COc1cc(CN(C)CC2CCN(C)CC2)ccc1OCC(O)CN1CCCCCC1. The molecule has 2 fully saturated rings. The van der Waals surface area contributed by atoms with Crippen LogP contribution in [0.5, 0.6) is 11.5 Å². The summed E-state index contributed by atoms with van der Waals surface area (Å²) in [4.78, 5) is 7.20. The molecule has 0 saturated carbocycles. The van der Waals surface area contributed by atoms with Gasteiger partial charge in [0.25, 0.3) is 0 Å². The first kappa shape index (κ1) is 24.3. The van der Waals surface area contributed by atoms with Crippen molar-refractivity contribution in [3.05, 3.63) is 23.8 Å². The van der Waals surface area contributed by atoms with Crippen LogP contribution in [0.3, 0.4) is 0 Å². The summed E-state index contributed by atoms with van der Waals surface area (Å²) in [7, 11) is 6.10. The van der Waals surface area contributed by atoms with Gasteiger partial charge in [0.1, 0.15) is 12.7 Å². The Kier molecular flexibility index (Phi) is 9.91. The summed E-state index contributed by atoms with van der Waals surface area (Å²) in [5.41, 5.74) is 1.23. The largest absolute Gasteiger partial charge is 0.493 e. The van der Waals surface area contributed by atoms with E-state index >= 15 is 0 Å². The van der Waals surface area contributed by atoms with Gasteiger partial charge in [0, 0.05) is 19.6 Å². The topological polar surface area (TPSA) is 48.4 Å². The lowest BCUT2D eigenvalue weighted by molar-refractivity contribution is 0.0683. The summed E-state index contributed by atoms with van der Waals surface area (Å²) in [6.07, 6.45) is 7.17. The lowest BCUT2D eigenvalue weighted by atomic mass is 9.96. The van der Waals surface area contributed by atoms with Crippen molar-refractivity contribution in [2.45, 2.75) is 51.2 Å². The first-order chi connectivity index (χ1) is 15.0. The molecule has 31 heavy (non-hydrogen) atoms. The molecule has 2 aliphatic heterocycles. The molecule has 2 saturated heterocycles. The van der Waals surface area contributed by atoms with Gasteiger partial charge < -0.3 is 29.3 Å². The van der Waals surface area contributed by atoms with Crippen molar-refractivity contribution in [3.8, 4) is 11.5 Å². The van der Waals surface area contributed by atoms with E-state index in [1.54, 1.807) is 7.11 Å². The minimum Gasteiger partial charge on any atom is -0.493 e. The molecular weight excluding hydrogens is 390 g/mol. The Morgan fingerprint density at radius 2 is 1.77 bits per heavy atom. The summed E-state index contributed by atoms with van der Waals surface area (Å²) in [5.74, 6) is 2.24. The van der Waals surface area contributed by atoms with Gasteiger partial charge in [-0.25, -0.2) is 0 Å². The minimum atomic E-state index is -0.483. The molecule has 2 aliphatic rings. The van der Waals surface area contributed by atoms with Crippen LogP contribution in [0, 0.1) is 5.92 Å². The maximum absolute atomic E-state index is 10.4. The van der Waals surface area contributed by atoms with Crippen molar-refractivity contribution < 1.29 is 14.6 Å². The number of likely N-dealkylation sites (tertiary alicyclic amines) is 2. The molecule has 2 heterocycles. The molecule has 1 unspecified atom stereocenters. The van der Waals surface area contributed by atoms with E-state index in [1.165, 1.54) is 57.2 Å². The first-order valence-corrected chi connectivity index (χ1v) is 12.1. The number of rotatable bonds is 10. The summed E-state index contributed by atoms with van der Waals surface area (Å²) >= 11 is 0. The summed E-state index contributed by atoms with van der Waals surface area (Å²) in [6.45, 7) is 7.60. The number of benzene rings is 1. The average Bonchev–Trinajstić information content (AvgIpc) is 3.03. The molecule has 1 aromatic carbocycles. The van der Waals surface area contributed by atoms with E-state index in [0.29, 0.717) is 18.9 Å². The number of aliphatic hydroxyl groups excluding tert-OH is 1. The van der Waals surface area contributed by atoms with E-state index in [4.69, 9.17) is 9.47 Å². The maximum atomic E-state index is 10.4. The molecule has 1 atom stereocenters. The van der Waals surface area contributed by atoms with Crippen molar-refractivity contribution in [1.82, 2.24) is 14.7 Å². The van der Waals surface area contributed by atoms with E-state index in [0.717, 1.165) is 37.8 Å². The number of ether oxygens (including phenoxy) is 2. The molecule has 0 aromatic heterocycles. The molecular formula is C25H43N3O3. The zero-order valence-corrected chi connectivity index (χ0v) is 19.9. The zero-order valence-electron chi connectivity index (χ0n) is 19.9. The van der Waals surface area contributed by atoms with Gasteiger partial charge in [-0.05, 0) is 89.6 Å². The fourth-order valence-corrected chi connectivity index (χ4v) is 4.85. The van der Waals surface area contributed by atoms with Crippen LogP contribution in [0.2, 0.25) is 0 Å². The standard InChI is InChI=1S/C25H43N3O3/c1-26-14-10-21(11-15-26)17-27(2)18-22-8-9-24(25(16-22)30-3)31-20-23(29)19-28-12-6-4-5-7-13-28/h8-9,16,21,23,29H,4-7,10-15,17-20H2,1-3H3. The molecule has 6 nitrogen and oxygen atoms in total. The molecule has 6 heteroatoms. The smallest absolute Gasteiger partial charge is 0.161 e. The van der Waals surface area contributed by atoms with E-state index in [9.17, 15) is 5.11 Å². The Labute approximate surface area is 189 Å². The van der Waals surface area contributed by atoms with Gasteiger partial charge in [-0.15, -0.1) is 0 Å². The summed E-state index contributed by atoms with van der Waals surface area (Å²) in [6, 6.07) is 6.17. The highest BCUT2D eigenvalue weighted by atomic mass is 16.5. The highest BCUT2D eigenvalue weighted by Gasteiger charge is 2.19. The summed E-state index contributed by atoms with van der Waals surface area (Å²) in [5, 5.41) is 10.4. The Hall–Kier alpha value is -1.34. The van der Waals surface area contributed by atoms with Gasteiger partial charge >= 0.3 is 0 Å². The molecule has 0 aliphatic carbocycles. The number of hydrogen-bond acceptors (Lipinski definition) is 6. The molecule has 0 bridgehead atoms. The third-order valence-electron chi connectivity index (χ3n) is 6.69. The molecule has 1 aromatic rings. The molecule has 176 valence electrons. The first-order valence-electron chi connectivity index (χ1n) is 12.1. The second kappa shape index (κ2) is 12.6. The quantitative estimate of drug-likeness (QED) is 0.612. The lowest BCUT2D eigenvalue weighted by Gasteiger charge is -2.31. The van der Waals surface area contributed by atoms with Crippen LogP contribution < -0.4 is 9.47 Å². The van der Waals surface area contributed by atoms with Crippen molar-refractivity contribution in [2.24, 2.45) is 5.92 Å². The van der Waals surface area contributed by atoms with Gasteiger partial charge in [-0.1, -0.05) is 18.9 Å². The van der Waals surface area contributed by atoms with Crippen LogP contribution in [-0.2, 0) is 6.54 Å². The van der Waals surface area contributed by atoms with Crippen molar-refractivity contribution in [1.29, 1.82) is 0 Å². The fraction of sp³-hybridized carbons (Fsp3) is 0.760. The third kappa shape index (κ3) is 8.26. The van der Waals surface area contributed by atoms with E-state index in [-0.39, 0.29) is 0 Å². The monoisotopic (exact) mass is 433 g/mol. The molecule has 0 spiro atoms. The van der Waals surface area contributed by atoms with Gasteiger partial charge in [0.15, 0.2) is 11.5 Å². The molecule has 0 amide bonds. The number of β-amino-alcohol motifs (C(OH)–C–C–N with tert-alkyl or cyclic N) is 1. The highest BCUT2D eigenvalue weighted by Crippen LogP contribution is 2.29. The van der Waals surface area contributed by atoms with Gasteiger partial charge in [0.2, 0.25) is 0 Å². The number of nitrogens with zero attached hydrogens (tertiary/aromatic N) is 3. The van der Waals surface area contributed by atoms with Gasteiger partial charge in [-0.2, -0.15) is 0 Å². The van der Waals surface area contributed by atoms with Crippen molar-refractivity contribution in [3.63, 3.8) is 0 Å². The van der Waals surface area contributed by atoms with Crippen molar-refractivity contribution >= 4 is 0 Å². The average molecular weight is 434 g/mol. The zero-order chi connectivity index (χ0) is 22.1. The second-order valence-corrected chi connectivity index (χ2v) is 9.61. The van der Waals surface area contributed by atoms with Crippen LogP contribution in [0.4, 0.5) is 0 Å². The number of piperidine rings is 1. The Morgan fingerprint density at radius 3 is 2.45 bits per heavy atom. The lowest BCUT2D eigenvalue weighted by Crippen LogP contribution is -2.36. The van der Waals surface area contributed by atoms with Gasteiger partial charge in [0.05, 0.1) is 7.11 Å². The minimum absolute atomic E-state index is 0.294. The highest BCUT2D eigenvalue weighted by molar-refractivity contribution is 5.43. The molecule has 1 N–H and O–H groups in total. The Morgan fingerprint density at radius 1 is 1.06 bits per heavy atom. The predicted octanol–water partition coefficient (Wildman–Crippen LogP) is 3.08. The number of methoxy groups -OCH3 is 1.